The lowest BCUT2D eigenvalue weighted by Crippen LogP contribution is -2.59. The van der Waals surface area contributed by atoms with Crippen LogP contribution < -0.4 is 16.0 Å². The van der Waals surface area contributed by atoms with Crippen LogP contribution in [0, 0.1) is 0 Å². The molecular weight excluding hydrogens is 783 g/mol. The molecular formula is C45H63N3O9Si2. The lowest BCUT2D eigenvalue weighted by atomic mass is 9.97. The monoisotopic (exact) mass is 845 g/mol. The number of carbonyl (C=O) groups is 1. The van der Waals surface area contributed by atoms with E-state index in [1.54, 1.807) is 36.3 Å². The van der Waals surface area contributed by atoms with E-state index in [-0.39, 0.29) is 29.7 Å². The number of carboxylic acid groups (broad SMARTS) is 1. The lowest BCUT2D eigenvalue weighted by Gasteiger charge is -2.45. The Morgan fingerprint density at radius 3 is 1.71 bits per heavy atom. The Hall–Kier alpha value is -4.16. The van der Waals surface area contributed by atoms with E-state index >= 15 is 0 Å². The number of hydrogen-bond donors (Lipinski definition) is 2. The van der Waals surface area contributed by atoms with Crippen LogP contribution >= 0.6 is 0 Å². The minimum atomic E-state index is -2.72. The van der Waals surface area contributed by atoms with Crippen molar-refractivity contribution in [2.45, 2.75) is 134 Å². The van der Waals surface area contributed by atoms with Gasteiger partial charge in [0.15, 0.2) is 22.9 Å². The zero-order valence-electron chi connectivity index (χ0n) is 36.4. The maximum absolute atomic E-state index is 14.6. The van der Waals surface area contributed by atoms with Gasteiger partial charge in [-0.2, -0.15) is 0 Å². The number of hydrogen-bond acceptors (Lipinski definition) is 9. The molecule has 0 spiro atoms. The second-order valence-corrected chi connectivity index (χ2v) is 28.1. The van der Waals surface area contributed by atoms with Crippen molar-refractivity contribution in [1.82, 2.24) is 14.0 Å². The third-order valence-electron chi connectivity index (χ3n) is 12.3. The van der Waals surface area contributed by atoms with E-state index in [2.05, 4.69) is 67.7 Å². The molecule has 0 radical (unpaired) electrons. The molecule has 0 amide bonds. The Bertz CT molecular complexity index is 2090. The van der Waals surface area contributed by atoms with E-state index in [0.29, 0.717) is 11.3 Å². The number of ether oxygens (including phenoxy) is 2. The minimum Gasteiger partial charge on any atom is -0.497 e. The van der Waals surface area contributed by atoms with Gasteiger partial charge in [0.1, 0.15) is 36.2 Å². The van der Waals surface area contributed by atoms with Crippen molar-refractivity contribution in [2.75, 3.05) is 7.11 Å². The number of aliphatic hydroxyl groups is 1. The largest absolute Gasteiger partial charge is 0.497 e. The Morgan fingerprint density at radius 1 is 0.763 bits per heavy atom. The lowest BCUT2D eigenvalue weighted by molar-refractivity contribution is -0.159. The summed E-state index contributed by atoms with van der Waals surface area (Å²) in [5.74, 6) is -0.603. The fourth-order valence-electron chi connectivity index (χ4n) is 6.83. The first-order valence-corrected chi connectivity index (χ1v) is 26.0. The van der Waals surface area contributed by atoms with Crippen LogP contribution in [0.5, 0.6) is 5.75 Å². The van der Waals surface area contributed by atoms with Crippen LogP contribution in [0.3, 0.4) is 0 Å². The van der Waals surface area contributed by atoms with Gasteiger partial charge in [0.25, 0.3) is 5.56 Å². The molecule has 1 aromatic heterocycles. The molecule has 1 fully saturated rings. The standard InChI is InChI=1S/C45H63N3O9Si2/c1-44(2,3)58(8,9)56-39-38(37(50)36(42(51)52)46(28-31-18-14-12-15-19-31)29-32-20-16-13-17-21-32)55-41(40(39)57-59(10,11)45(4,5)6)47-27-26-35(49)48(43(47)53)30-33-22-24-34(54-7)25-23-33/h12-27,36-41,50H,28-30H2,1-11H3,(H,51,52)/t36-,37+,38+,39+,40+,41+/m0/s1. The highest BCUT2D eigenvalue weighted by Gasteiger charge is 2.58. The molecule has 6 atom stereocenters. The maximum atomic E-state index is 14.6. The molecule has 14 heteroatoms. The van der Waals surface area contributed by atoms with Gasteiger partial charge in [0.05, 0.1) is 13.7 Å². The Balaban J connectivity index is 1.68. The van der Waals surface area contributed by atoms with Crippen molar-refractivity contribution in [3.05, 3.63) is 135 Å². The predicted octanol–water partition coefficient (Wildman–Crippen LogP) is 7.26. The summed E-state index contributed by atoms with van der Waals surface area (Å²) in [5.41, 5.74) is 1.29. The second kappa shape index (κ2) is 18.2. The van der Waals surface area contributed by atoms with Gasteiger partial charge in [-0.25, -0.2) is 4.79 Å². The van der Waals surface area contributed by atoms with Crippen molar-refractivity contribution in [3.8, 4) is 5.75 Å². The van der Waals surface area contributed by atoms with E-state index in [1.807, 2.05) is 60.7 Å². The minimum absolute atomic E-state index is 0.0199. The molecule has 2 heterocycles. The molecule has 12 nitrogen and oxygen atoms in total. The summed E-state index contributed by atoms with van der Waals surface area (Å²) in [7, 11) is -3.87. The summed E-state index contributed by atoms with van der Waals surface area (Å²) in [5, 5.41) is 23.2. The average molecular weight is 846 g/mol. The van der Waals surface area contributed by atoms with Crippen LogP contribution in [0.2, 0.25) is 36.3 Å². The SMILES string of the molecule is COc1ccc(Cn2c(=O)ccn([C@@H]3O[C@H]([C@H](O)[C@@H](C(=O)O)N(Cc4ccccc4)Cc4ccccc4)[C@@H](O[Si](C)(C)C(C)(C)C)[C@H]3O[Si](C)(C)C(C)(C)C)c2=O)cc1. The molecule has 1 aliphatic heterocycles. The maximum Gasteiger partial charge on any atom is 0.333 e. The van der Waals surface area contributed by atoms with Crippen LogP contribution in [0.15, 0.2) is 107 Å². The number of aromatic nitrogens is 2. The van der Waals surface area contributed by atoms with E-state index in [4.69, 9.17) is 18.3 Å². The van der Waals surface area contributed by atoms with Gasteiger partial charge < -0.3 is 28.5 Å². The first kappa shape index (κ1) is 45.9. The fourth-order valence-corrected chi connectivity index (χ4v) is 9.41. The molecule has 5 rings (SSSR count). The first-order chi connectivity index (χ1) is 27.5. The van der Waals surface area contributed by atoms with Crippen molar-refractivity contribution >= 4 is 22.6 Å². The molecule has 4 aromatic rings. The summed E-state index contributed by atoms with van der Waals surface area (Å²) in [6.07, 6.45) is -4.71. The number of nitrogens with zero attached hydrogens (tertiary/aromatic N) is 3. The number of aliphatic carboxylic acids is 1. The van der Waals surface area contributed by atoms with Crippen molar-refractivity contribution < 1.29 is 33.3 Å². The third-order valence-corrected chi connectivity index (χ3v) is 21.3. The summed E-state index contributed by atoms with van der Waals surface area (Å²) in [6, 6.07) is 26.0. The number of carboxylic acids is 1. The summed E-state index contributed by atoms with van der Waals surface area (Å²) >= 11 is 0. The van der Waals surface area contributed by atoms with Crippen molar-refractivity contribution in [2.24, 2.45) is 0 Å². The first-order valence-electron chi connectivity index (χ1n) is 20.2. The Labute approximate surface area is 350 Å². The highest BCUT2D eigenvalue weighted by molar-refractivity contribution is 6.74. The molecule has 59 heavy (non-hydrogen) atoms. The van der Waals surface area contributed by atoms with Gasteiger partial charge in [-0.15, -0.1) is 0 Å². The second-order valence-electron chi connectivity index (χ2n) is 18.6. The molecule has 2 N–H and O–H groups in total. The van der Waals surface area contributed by atoms with Crippen LogP contribution in [-0.4, -0.2) is 84.4 Å². The van der Waals surface area contributed by atoms with E-state index < -0.39 is 70.5 Å². The molecule has 0 unspecified atom stereocenters. The number of benzene rings is 3. The molecule has 0 aliphatic carbocycles. The summed E-state index contributed by atoms with van der Waals surface area (Å²) in [6.45, 7) is 21.4. The van der Waals surface area contributed by atoms with Gasteiger partial charge in [-0.05, 0) is 65.1 Å². The molecule has 0 saturated carbocycles. The van der Waals surface area contributed by atoms with Gasteiger partial charge in [0.2, 0.25) is 0 Å². The van der Waals surface area contributed by atoms with E-state index in [1.165, 1.54) is 16.8 Å². The fraction of sp³-hybridized carbons (Fsp3) is 0.489. The molecule has 320 valence electrons. The topological polar surface area (TPSA) is 142 Å². The zero-order valence-corrected chi connectivity index (χ0v) is 38.4. The quantitative estimate of drug-likeness (QED) is 0.111. The molecule has 1 saturated heterocycles. The third kappa shape index (κ3) is 10.6. The van der Waals surface area contributed by atoms with E-state index in [9.17, 15) is 24.6 Å². The summed E-state index contributed by atoms with van der Waals surface area (Å²) in [4.78, 5) is 43.3. The van der Waals surface area contributed by atoms with Gasteiger partial charge >= 0.3 is 11.7 Å². The highest BCUT2D eigenvalue weighted by Crippen LogP contribution is 2.46. The Morgan fingerprint density at radius 2 is 1.25 bits per heavy atom. The normalized spacial score (nSPS) is 20.1. The van der Waals surface area contributed by atoms with E-state index in [0.717, 1.165) is 15.7 Å². The molecule has 3 aromatic carbocycles. The van der Waals surface area contributed by atoms with Crippen LogP contribution in [0.25, 0.3) is 0 Å². The van der Waals surface area contributed by atoms with Crippen LogP contribution in [-0.2, 0) is 38.0 Å². The van der Waals surface area contributed by atoms with Crippen LogP contribution in [0.4, 0.5) is 0 Å². The van der Waals surface area contributed by atoms with Gasteiger partial charge in [-0.1, -0.05) is 114 Å². The summed E-state index contributed by atoms with van der Waals surface area (Å²) < 4.78 is 29.1. The predicted molar refractivity (Wildman–Crippen MR) is 235 cm³/mol. The van der Waals surface area contributed by atoms with Crippen molar-refractivity contribution in [1.29, 1.82) is 0 Å². The smallest absolute Gasteiger partial charge is 0.333 e. The molecule has 1 aliphatic rings. The number of methoxy groups -OCH3 is 1. The molecule has 0 bridgehead atoms. The highest BCUT2D eigenvalue weighted by atomic mass is 28.4. The number of aliphatic hydroxyl groups excluding tert-OH is 1. The van der Waals surface area contributed by atoms with Crippen LogP contribution in [0.1, 0.15) is 64.5 Å². The van der Waals surface area contributed by atoms with Crippen molar-refractivity contribution in [3.63, 3.8) is 0 Å². The number of rotatable bonds is 16. The Kier molecular flexibility index (Phi) is 14.2. The zero-order chi connectivity index (χ0) is 43.5. The van der Waals surface area contributed by atoms with Gasteiger partial charge in [-0.3, -0.25) is 23.6 Å². The average Bonchev–Trinajstić information content (AvgIpc) is 3.49. The van der Waals surface area contributed by atoms with Gasteiger partial charge in [0, 0.05) is 25.4 Å².